The Bertz CT molecular complexity index is 960. The Hall–Kier alpha value is -2.16. The Labute approximate surface area is 206 Å². The fourth-order valence-electron chi connectivity index (χ4n) is 5.68. The fraction of sp³-hybridized carbons (Fsp3) is 0.615. The molecular weight excluding hydrogens is 446 g/mol. The zero-order valence-corrected chi connectivity index (χ0v) is 21.0. The zero-order valence-electron chi connectivity index (χ0n) is 20.2. The maximum absolute atomic E-state index is 12.9. The highest BCUT2D eigenvalue weighted by Gasteiger charge is 2.27. The van der Waals surface area contributed by atoms with Crippen LogP contribution in [0.1, 0.15) is 56.4 Å². The molecule has 8 heteroatoms. The standard InChI is InChI=1S/C26H37N5O2S/c1-33-24-10-9-20(19-6-3-2-4-7-19)16-22(24)23-18-34-25(28-23)29-26(32)31-14-12-30(13-15-31)21-8-5-11-27-17-21/h9-10,16,18-19,21,27H,2-8,11-15,17H2,1H3,(H,28,29,32). The number of aromatic nitrogens is 1. The Balaban J connectivity index is 1.21. The molecule has 3 heterocycles. The number of nitrogens with zero attached hydrogens (tertiary/aromatic N) is 3. The van der Waals surface area contributed by atoms with E-state index in [2.05, 4.69) is 33.7 Å². The van der Waals surface area contributed by atoms with Gasteiger partial charge in [0.2, 0.25) is 0 Å². The van der Waals surface area contributed by atoms with Gasteiger partial charge in [-0.05, 0) is 55.8 Å². The number of methoxy groups -OCH3 is 1. The van der Waals surface area contributed by atoms with Crippen LogP contribution in [0.2, 0.25) is 0 Å². The van der Waals surface area contributed by atoms with E-state index in [0.29, 0.717) is 17.1 Å². The van der Waals surface area contributed by atoms with Gasteiger partial charge in [-0.25, -0.2) is 9.78 Å². The highest BCUT2D eigenvalue weighted by molar-refractivity contribution is 7.14. The molecule has 5 rings (SSSR count). The van der Waals surface area contributed by atoms with Crippen LogP contribution in [-0.4, -0.2) is 73.2 Å². The minimum Gasteiger partial charge on any atom is -0.496 e. The molecule has 1 aromatic heterocycles. The van der Waals surface area contributed by atoms with E-state index in [0.717, 1.165) is 56.3 Å². The molecule has 2 saturated heterocycles. The van der Waals surface area contributed by atoms with Crippen LogP contribution in [0.5, 0.6) is 5.75 Å². The third-order valence-corrected chi connectivity index (χ3v) is 8.44. The lowest BCUT2D eigenvalue weighted by Gasteiger charge is -2.40. The number of thiazole rings is 1. The molecule has 2 N–H and O–H groups in total. The van der Waals surface area contributed by atoms with Crippen molar-refractivity contribution in [3.8, 4) is 17.0 Å². The molecule has 2 amide bonds. The van der Waals surface area contributed by atoms with Gasteiger partial charge in [0, 0.05) is 49.7 Å². The monoisotopic (exact) mass is 483 g/mol. The molecule has 184 valence electrons. The van der Waals surface area contributed by atoms with Crippen LogP contribution in [0.4, 0.5) is 9.93 Å². The third kappa shape index (κ3) is 5.39. The molecule has 0 radical (unpaired) electrons. The third-order valence-electron chi connectivity index (χ3n) is 7.68. The second kappa shape index (κ2) is 11.1. The van der Waals surface area contributed by atoms with Gasteiger partial charge in [0.25, 0.3) is 0 Å². The van der Waals surface area contributed by atoms with E-state index in [9.17, 15) is 4.79 Å². The maximum Gasteiger partial charge on any atom is 0.323 e. The maximum atomic E-state index is 12.9. The molecule has 1 unspecified atom stereocenters. The predicted molar refractivity (Wildman–Crippen MR) is 138 cm³/mol. The van der Waals surface area contributed by atoms with Crippen LogP contribution in [0.3, 0.4) is 0 Å². The summed E-state index contributed by atoms with van der Waals surface area (Å²) in [4.78, 5) is 22.1. The number of carbonyl (C=O) groups is 1. The number of hydrogen-bond acceptors (Lipinski definition) is 6. The number of amides is 2. The molecule has 2 aromatic rings. The van der Waals surface area contributed by atoms with E-state index < -0.39 is 0 Å². The summed E-state index contributed by atoms with van der Waals surface area (Å²) in [7, 11) is 1.71. The van der Waals surface area contributed by atoms with Crippen molar-refractivity contribution in [3.63, 3.8) is 0 Å². The number of urea groups is 1. The second-order valence-corrected chi connectivity index (χ2v) is 10.6. The second-order valence-electron chi connectivity index (χ2n) is 9.79. The molecule has 0 spiro atoms. The van der Waals surface area contributed by atoms with E-state index in [4.69, 9.17) is 9.72 Å². The molecule has 1 saturated carbocycles. The van der Waals surface area contributed by atoms with Gasteiger partial charge in [-0.3, -0.25) is 10.2 Å². The summed E-state index contributed by atoms with van der Waals surface area (Å²) in [6.07, 6.45) is 8.98. The zero-order chi connectivity index (χ0) is 23.3. The molecule has 0 bridgehead atoms. The summed E-state index contributed by atoms with van der Waals surface area (Å²) in [5.74, 6) is 1.45. The first-order chi connectivity index (χ1) is 16.7. The van der Waals surface area contributed by atoms with Gasteiger partial charge in [-0.15, -0.1) is 11.3 Å². The van der Waals surface area contributed by atoms with Crippen molar-refractivity contribution in [2.75, 3.05) is 51.7 Å². The molecule has 3 fully saturated rings. The van der Waals surface area contributed by atoms with Gasteiger partial charge in [-0.2, -0.15) is 0 Å². The lowest BCUT2D eigenvalue weighted by Crippen LogP contribution is -2.55. The number of nitrogens with one attached hydrogen (secondary N) is 2. The Kier molecular flexibility index (Phi) is 7.67. The van der Waals surface area contributed by atoms with Crippen molar-refractivity contribution in [3.05, 3.63) is 29.1 Å². The first-order valence-electron chi connectivity index (χ1n) is 12.9. The minimum atomic E-state index is -0.0507. The SMILES string of the molecule is COc1ccc(C2CCCCC2)cc1-c1csc(NC(=O)N2CCN(C3CCCNC3)CC2)n1. The van der Waals surface area contributed by atoms with E-state index in [1.165, 1.54) is 61.8 Å². The van der Waals surface area contributed by atoms with E-state index >= 15 is 0 Å². The van der Waals surface area contributed by atoms with Gasteiger partial charge in [0.15, 0.2) is 5.13 Å². The number of rotatable bonds is 5. The van der Waals surface area contributed by atoms with Gasteiger partial charge in [0.05, 0.1) is 12.8 Å². The van der Waals surface area contributed by atoms with Gasteiger partial charge >= 0.3 is 6.03 Å². The van der Waals surface area contributed by atoms with Gasteiger partial charge in [0.1, 0.15) is 5.75 Å². The van der Waals surface area contributed by atoms with E-state index in [1.54, 1.807) is 7.11 Å². The van der Waals surface area contributed by atoms with Crippen molar-refractivity contribution >= 4 is 22.5 Å². The molecule has 1 aromatic carbocycles. The molecule has 3 aliphatic rings. The number of hydrogen-bond donors (Lipinski definition) is 2. The average Bonchev–Trinajstić information content (AvgIpc) is 3.37. The topological polar surface area (TPSA) is 69.7 Å². The van der Waals surface area contributed by atoms with E-state index in [-0.39, 0.29) is 6.03 Å². The first-order valence-corrected chi connectivity index (χ1v) is 13.7. The van der Waals surface area contributed by atoms with Crippen molar-refractivity contribution in [2.45, 2.75) is 56.9 Å². The summed E-state index contributed by atoms with van der Waals surface area (Å²) in [6, 6.07) is 7.08. The summed E-state index contributed by atoms with van der Waals surface area (Å²) in [5.41, 5.74) is 3.25. The van der Waals surface area contributed by atoms with Crippen LogP contribution in [0, 0.1) is 0 Å². The van der Waals surface area contributed by atoms with Crippen LogP contribution >= 0.6 is 11.3 Å². The van der Waals surface area contributed by atoms with Crippen LogP contribution in [0.25, 0.3) is 11.3 Å². The quantitative estimate of drug-likeness (QED) is 0.641. The number of carbonyl (C=O) groups excluding carboxylic acids is 1. The van der Waals surface area contributed by atoms with Crippen molar-refractivity contribution in [2.24, 2.45) is 0 Å². The van der Waals surface area contributed by atoms with Crippen LogP contribution in [0.15, 0.2) is 23.6 Å². The highest BCUT2D eigenvalue weighted by Crippen LogP contribution is 2.38. The summed E-state index contributed by atoms with van der Waals surface area (Å²) >= 11 is 1.48. The average molecular weight is 484 g/mol. The number of anilines is 1. The minimum absolute atomic E-state index is 0.0507. The number of benzene rings is 1. The molecule has 34 heavy (non-hydrogen) atoms. The van der Waals surface area contributed by atoms with Crippen LogP contribution < -0.4 is 15.4 Å². The smallest absolute Gasteiger partial charge is 0.323 e. The largest absolute Gasteiger partial charge is 0.496 e. The summed E-state index contributed by atoms with van der Waals surface area (Å²) < 4.78 is 5.65. The number of piperazine rings is 1. The Morgan fingerprint density at radius 1 is 1.12 bits per heavy atom. The van der Waals surface area contributed by atoms with E-state index in [1.807, 2.05) is 10.3 Å². The number of piperidine rings is 1. The lowest BCUT2D eigenvalue weighted by atomic mass is 9.83. The highest BCUT2D eigenvalue weighted by atomic mass is 32.1. The lowest BCUT2D eigenvalue weighted by molar-refractivity contribution is 0.100. The molecule has 2 aliphatic heterocycles. The van der Waals surface area contributed by atoms with Crippen molar-refractivity contribution in [1.82, 2.24) is 20.1 Å². The Morgan fingerprint density at radius 3 is 2.68 bits per heavy atom. The summed E-state index contributed by atoms with van der Waals surface area (Å²) in [6.45, 7) is 5.60. The van der Waals surface area contributed by atoms with Crippen LogP contribution in [-0.2, 0) is 0 Å². The first kappa shape index (κ1) is 23.6. The Morgan fingerprint density at radius 2 is 1.94 bits per heavy atom. The van der Waals surface area contributed by atoms with Crippen molar-refractivity contribution < 1.29 is 9.53 Å². The molecule has 7 nitrogen and oxygen atoms in total. The molecule has 1 atom stereocenters. The van der Waals surface area contributed by atoms with Gasteiger partial charge < -0.3 is 15.0 Å². The number of ether oxygens (including phenoxy) is 1. The molecular formula is C26H37N5O2S. The predicted octanol–water partition coefficient (Wildman–Crippen LogP) is 4.77. The van der Waals surface area contributed by atoms with Gasteiger partial charge in [-0.1, -0.05) is 25.3 Å². The summed E-state index contributed by atoms with van der Waals surface area (Å²) in [5, 5.41) is 9.19. The van der Waals surface area contributed by atoms with Crippen molar-refractivity contribution in [1.29, 1.82) is 0 Å². The fourth-order valence-corrected chi connectivity index (χ4v) is 6.38. The molecule has 1 aliphatic carbocycles. The normalized spacial score (nSPS) is 22.5.